The Hall–Kier alpha value is -1.64. The third kappa shape index (κ3) is 9.17. The second kappa shape index (κ2) is 10.2. The summed E-state index contributed by atoms with van der Waals surface area (Å²) in [6, 6.07) is 6.95. The van der Waals surface area contributed by atoms with E-state index in [1.54, 1.807) is 25.3 Å². The molecule has 0 aliphatic rings. The number of carboxylic acid groups (broad SMARTS) is 1. The van der Waals surface area contributed by atoms with E-state index >= 15 is 0 Å². The highest BCUT2D eigenvalue weighted by Gasteiger charge is 2.10. The number of benzene rings is 1. The first kappa shape index (κ1) is 19.4. The van der Waals surface area contributed by atoms with Crippen LogP contribution >= 0.6 is 0 Å². The molecule has 0 saturated heterocycles. The molecule has 0 heterocycles. The zero-order chi connectivity index (χ0) is 17.1. The van der Waals surface area contributed by atoms with Gasteiger partial charge in [0, 0.05) is 19.2 Å². The SMILES string of the molecule is COCCOCCS(=O)(=O)Nc1cccc(CCCC(=O)O)c1. The second-order valence-electron chi connectivity index (χ2n) is 4.97. The van der Waals surface area contributed by atoms with Crippen LogP contribution in [0, 0.1) is 0 Å². The van der Waals surface area contributed by atoms with Gasteiger partial charge in [-0.2, -0.15) is 0 Å². The van der Waals surface area contributed by atoms with E-state index < -0.39 is 16.0 Å². The topological polar surface area (TPSA) is 102 Å². The lowest BCUT2D eigenvalue weighted by molar-refractivity contribution is -0.137. The molecule has 0 unspecified atom stereocenters. The number of sulfonamides is 1. The quantitative estimate of drug-likeness (QED) is 0.557. The van der Waals surface area contributed by atoms with Gasteiger partial charge in [-0.25, -0.2) is 8.42 Å². The van der Waals surface area contributed by atoms with Crippen molar-refractivity contribution < 1.29 is 27.8 Å². The minimum Gasteiger partial charge on any atom is -0.481 e. The van der Waals surface area contributed by atoms with Crippen LogP contribution in [0.4, 0.5) is 5.69 Å². The summed E-state index contributed by atoms with van der Waals surface area (Å²) >= 11 is 0. The molecule has 0 fully saturated rings. The number of hydrogen-bond acceptors (Lipinski definition) is 5. The molecule has 130 valence electrons. The van der Waals surface area contributed by atoms with Crippen molar-refractivity contribution in [1.29, 1.82) is 0 Å². The summed E-state index contributed by atoms with van der Waals surface area (Å²) in [4.78, 5) is 10.5. The van der Waals surface area contributed by atoms with E-state index in [0.29, 0.717) is 31.7 Å². The first-order valence-electron chi connectivity index (χ1n) is 7.31. The Balaban J connectivity index is 2.47. The van der Waals surface area contributed by atoms with E-state index in [9.17, 15) is 13.2 Å². The molecule has 0 atom stereocenters. The van der Waals surface area contributed by atoms with Crippen molar-refractivity contribution in [3.05, 3.63) is 29.8 Å². The third-order valence-electron chi connectivity index (χ3n) is 2.98. The van der Waals surface area contributed by atoms with Gasteiger partial charge in [0.2, 0.25) is 10.0 Å². The molecule has 1 aromatic carbocycles. The number of nitrogens with one attached hydrogen (secondary N) is 1. The molecule has 0 aliphatic carbocycles. The van der Waals surface area contributed by atoms with Gasteiger partial charge < -0.3 is 14.6 Å². The first-order valence-corrected chi connectivity index (χ1v) is 8.96. The van der Waals surface area contributed by atoms with Crippen LogP contribution in [-0.2, 0) is 30.7 Å². The fourth-order valence-electron chi connectivity index (χ4n) is 1.88. The van der Waals surface area contributed by atoms with Gasteiger partial charge in [-0.1, -0.05) is 12.1 Å². The summed E-state index contributed by atoms with van der Waals surface area (Å²) in [5.74, 6) is -0.977. The van der Waals surface area contributed by atoms with Gasteiger partial charge in [-0.15, -0.1) is 0 Å². The molecule has 0 spiro atoms. The Labute approximate surface area is 136 Å². The van der Waals surface area contributed by atoms with Gasteiger partial charge in [0.05, 0.1) is 25.6 Å². The Kier molecular flexibility index (Phi) is 8.60. The summed E-state index contributed by atoms with van der Waals surface area (Å²) in [6.45, 7) is 0.869. The maximum Gasteiger partial charge on any atom is 0.303 e. The number of rotatable bonds is 12. The van der Waals surface area contributed by atoms with Crippen LogP contribution in [0.15, 0.2) is 24.3 Å². The molecule has 0 aromatic heterocycles. The molecule has 7 nitrogen and oxygen atoms in total. The van der Waals surface area contributed by atoms with Crippen LogP contribution < -0.4 is 4.72 Å². The molecule has 1 aromatic rings. The van der Waals surface area contributed by atoms with Gasteiger partial charge in [0.15, 0.2) is 0 Å². The molecular weight excluding hydrogens is 322 g/mol. The van der Waals surface area contributed by atoms with Gasteiger partial charge in [-0.05, 0) is 30.5 Å². The second-order valence-corrected chi connectivity index (χ2v) is 6.82. The highest BCUT2D eigenvalue weighted by Crippen LogP contribution is 2.14. The number of carboxylic acids is 1. The van der Waals surface area contributed by atoms with Gasteiger partial charge >= 0.3 is 5.97 Å². The average molecular weight is 345 g/mol. The van der Waals surface area contributed by atoms with Crippen molar-refractivity contribution in [1.82, 2.24) is 0 Å². The third-order valence-corrected chi connectivity index (χ3v) is 4.24. The summed E-state index contributed by atoms with van der Waals surface area (Å²) in [5.41, 5.74) is 1.36. The van der Waals surface area contributed by atoms with Crippen LogP contribution in [0.5, 0.6) is 0 Å². The van der Waals surface area contributed by atoms with E-state index in [1.807, 2.05) is 6.07 Å². The lowest BCUT2D eigenvalue weighted by Gasteiger charge is -2.10. The highest BCUT2D eigenvalue weighted by atomic mass is 32.2. The van der Waals surface area contributed by atoms with Crippen LogP contribution in [0.3, 0.4) is 0 Å². The number of hydrogen-bond donors (Lipinski definition) is 2. The number of aliphatic carboxylic acids is 1. The maximum atomic E-state index is 11.9. The van der Waals surface area contributed by atoms with Gasteiger partial charge in [0.25, 0.3) is 0 Å². The van der Waals surface area contributed by atoms with Crippen molar-refractivity contribution in [2.45, 2.75) is 19.3 Å². The van der Waals surface area contributed by atoms with Crippen molar-refractivity contribution in [3.8, 4) is 0 Å². The largest absolute Gasteiger partial charge is 0.481 e. The summed E-state index contributed by atoms with van der Waals surface area (Å²) < 4.78 is 36.3. The minimum absolute atomic E-state index is 0.0920. The molecule has 0 radical (unpaired) electrons. The molecule has 23 heavy (non-hydrogen) atoms. The summed E-state index contributed by atoms with van der Waals surface area (Å²) in [5, 5.41) is 8.62. The van der Waals surface area contributed by atoms with E-state index in [1.165, 1.54) is 0 Å². The molecule has 0 amide bonds. The van der Waals surface area contributed by atoms with Gasteiger partial charge in [0.1, 0.15) is 0 Å². The molecular formula is C15H23NO6S. The lowest BCUT2D eigenvalue weighted by Crippen LogP contribution is -2.21. The zero-order valence-corrected chi connectivity index (χ0v) is 14.0. The fraction of sp³-hybridized carbons (Fsp3) is 0.533. The predicted molar refractivity (Wildman–Crippen MR) is 87.1 cm³/mol. The molecule has 2 N–H and O–H groups in total. The summed E-state index contributed by atoms with van der Waals surface area (Å²) in [7, 11) is -1.94. The van der Waals surface area contributed by atoms with Crippen molar-refractivity contribution >= 4 is 21.7 Å². The number of anilines is 1. The van der Waals surface area contributed by atoms with E-state index in [4.69, 9.17) is 14.6 Å². The van der Waals surface area contributed by atoms with Crippen LogP contribution in [0.1, 0.15) is 18.4 Å². The number of carbonyl (C=O) groups is 1. The molecule has 0 saturated carbocycles. The van der Waals surface area contributed by atoms with Gasteiger partial charge in [-0.3, -0.25) is 9.52 Å². The maximum absolute atomic E-state index is 11.9. The number of methoxy groups -OCH3 is 1. The highest BCUT2D eigenvalue weighted by molar-refractivity contribution is 7.92. The molecule has 0 aliphatic heterocycles. The number of aryl methyl sites for hydroxylation is 1. The average Bonchev–Trinajstić information content (AvgIpc) is 2.46. The lowest BCUT2D eigenvalue weighted by atomic mass is 10.1. The Morgan fingerprint density at radius 1 is 1.26 bits per heavy atom. The Bertz CT molecular complexity index is 587. The molecule has 0 bridgehead atoms. The minimum atomic E-state index is -3.48. The van der Waals surface area contributed by atoms with Crippen molar-refractivity contribution in [2.24, 2.45) is 0 Å². The summed E-state index contributed by atoms with van der Waals surface area (Å²) in [6.07, 6.45) is 1.19. The molecule has 1 rings (SSSR count). The van der Waals surface area contributed by atoms with E-state index in [2.05, 4.69) is 4.72 Å². The fourth-order valence-corrected chi connectivity index (χ4v) is 2.80. The zero-order valence-electron chi connectivity index (χ0n) is 13.2. The predicted octanol–water partition coefficient (Wildman–Crippen LogP) is 1.50. The smallest absolute Gasteiger partial charge is 0.303 e. The Morgan fingerprint density at radius 3 is 2.74 bits per heavy atom. The van der Waals surface area contributed by atoms with E-state index in [-0.39, 0.29) is 18.8 Å². The number of ether oxygens (including phenoxy) is 2. The van der Waals surface area contributed by atoms with Crippen molar-refractivity contribution in [3.63, 3.8) is 0 Å². The molecule has 8 heteroatoms. The van der Waals surface area contributed by atoms with Crippen LogP contribution in [-0.4, -0.2) is 52.2 Å². The first-order chi connectivity index (χ1) is 10.9. The van der Waals surface area contributed by atoms with Crippen LogP contribution in [0.2, 0.25) is 0 Å². The van der Waals surface area contributed by atoms with E-state index in [0.717, 1.165) is 5.56 Å². The Morgan fingerprint density at radius 2 is 2.04 bits per heavy atom. The normalized spacial score (nSPS) is 11.3. The van der Waals surface area contributed by atoms with Crippen LogP contribution in [0.25, 0.3) is 0 Å². The standard InChI is InChI=1S/C15H23NO6S/c1-21-8-9-22-10-11-23(19,20)16-14-6-2-4-13(12-14)5-3-7-15(17)18/h2,4,6,12,16H,3,5,7-11H2,1H3,(H,17,18). The monoisotopic (exact) mass is 345 g/mol. The van der Waals surface area contributed by atoms with Crippen molar-refractivity contribution in [2.75, 3.05) is 37.4 Å².